The Morgan fingerprint density at radius 3 is 2.43 bits per heavy atom. The van der Waals surface area contributed by atoms with Crippen LogP contribution in [0.1, 0.15) is 11.1 Å². The quantitative estimate of drug-likeness (QED) is 0.534. The molecule has 0 aliphatic heterocycles. The van der Waals surface area contributed by atoms with Gasteiger partial charge < -0.3 is 9.88 Å². The van der Waals surface area contributed by atoms with Crippen LogP contribution < -0.4 is 10.9 Å². The van der Waals surface area contributed by atoms with Gasteiger partial charge in [0.1, 0.15) is 17.6 Å². The van der Waals surface area contributed by atoms with Gasteiger partial charge in [0.2, 0.25) is 5.91 Å². The predicted octanol–water partition coefficient (Wildman–Crippen LogP) is 4.31. The zero-order valence-electron chi connectivity index (χ0n) is 16.9. The smallest absolute Gasteiger partial charge is 0.278 e. The molecule has 0 aliphatic carbocycles. The maximum atomic E-state index is 13.1. The first-order valence-electron chi connectivity index (χ1n) is 9.51. The number of aromatic nitrogens is 3. The molecule has 0 fully saturated rings. The van der Waals surface area contributed by atoms with Crippen LogP contribution in [-0.4, -0.2) is 20.0 Å². The number of para-hydroxylation sites is 1. The predicted molar refractivity (Wildman–Crippen MR) is 120 cm³/mol. The molecule has 0 aliphatic rings. The molecule has 152 valence electrons. The van der Waals surface area contributed by atoms with Crippen molar-refractivity contribution in [2.75, 3.05) is 5.32 Å². The Balaban J connectivity index is 1.67. The number of amides is 1. The highest BCUT2D eigenvalue weighted by Crippen LogP contribution is 2.28. The van der Waals surface area contributed by atoms with E-state index in [1.54, 1.807) is 23.7 Å². The molecule has 0 radical (unpaired) electrons. The number of anilines is 1. The minimum Gasteiger partial charge on any atom is -0.344 e. The second-order valence-electron chi connectivity index (χ2n) is 7.35. The lowest BCUT2D eigenvalue weighted by atomic mass is 10.1. The Bertz CT molecular complexity index is 1300. The van der Waals surface area contributed by atoms with Crippen molar-refractivity contribution in [2.24, 2.45) is 7.05 Å². The molecule has 4 aromatic rings. The van der Waals surface area contributed by atoms with E-state index in [1.807, 2.05) is 50.4 Å². The van der Waals surface area contributed by atoms with Gasteiger partial charge in [-0.15, -0.1) is 0 Å². The first-order valence-corrected chi connectivity index (χ1v) is 9.89. The molecule has 7 heteroatoms. The highest BCUT2D eigenvalue weighted by molar-refractivity contribution is 6.30. The topological polar surface area (TPSA) is 68.9 Å². The lowest BCUT2D eigenvalue weighted by molar-refractivity contribution is -0.116. The van der Waals surface area contributed by atoms with Crippen LogP contribution in [-0.2, 0) is 18.4 Å². The molecule has 4 rings (SSSR count). The first-order chi connectivity index (χ1) is 14.3. The maximum Gasteiger partial charge on any atom is 0.278 e. The number of carbonyl (C=O) groups excluding carboxylic acids is 1. The molecule has 0 atom stereocenters. The van der Waals surface area contributed by atoms with Crippen LogP contribution >= 0.6 is 11.6 Å². The summed E-state index contributed by atoms with van der Waals surface area (Å²) < 4.78 is 3.07. The van der Waals surface area contributed by atoms with Crippen molar-refractivity contribution in [3.05, 3.63) is 81.5 Å². The summed E-state index contributed by atoms with van der Waals surface area (Å²) in [5, 5.41) is 3.55. The van der Waals surface area contributed by atoms with Gasteiger partial charge in [0.25, 0.3) is 5.56 Å². The molecule has 1 N–H and O–H groups in total. The van der Waals surface area contributed by atoms with E-state index >= 15 is 0 Å². The minimum atomic E-state index is -0.275. The van der Waals surface area contributed by atoms with Crippen LogP contribution in [0, 0.1) is 13.8 Å². The van der Waals surface area contributed by atoms with Crippen LogP contribution in [0.3, 0.4) is 0 Å². The summed E-state index contributed by atoms with van der Waals surface area (Å²) in [4.78, 5) is 30.2. The molecule has 0 saturated carbocycles. The zero-order valence-corrected chi connectivity index (χ0v) is 17.7. The molecule has 6 nitrogen and oxygen atoms in total. The number of carbonyl (C=O) groups is 1. The molecule has 0 spiro atoms. The van der Waals surface area contributed by atoms with Crippen molar-refractivity contribution in [1.29, 1.82) is 0 Å². The number of rotatable bonds is 4. The molecule has 0 saturated heterocycles. The Hall–Kier alpha value is -3.38. The van der Waals surface area contributed by atoms with E-state index in [9.17, 15) is 9.59 Å². The largest absolute Gasteiger partial charge is 0.344 e. The van der Waals surface area contributed by atoms with Gasteiger partial charge in [0, 0.05) is 29.5 Å². The number of hydrogen-bond acceptors (Lipinski definition) is 3. The highest BCUT2D eigenvalue weighted by Gasteiger charge is 2.16. The normalized spacial score (nSPS) is 11.1. The molecular formula is C23H21ClN4O2. The Morgan fingerprint density at radius 1 is 1.10 bits per heavy atom. The minimum absolute atomic E-state index is 0.114. The van der Waals surface area contributed by atoms with Crippen molar-refractivity contribution in [2.45, 2.75) is 20.4 Å². The summed E-state index contributed by atoms with van der Waals surface area (Å²) in [5.74, 6) is -0.275. The highest BCUT2D eigenvalue weighted by atomic mass is 35.5. The zero-order chi connectivity index (χ0) is 21.4. The number of aryl methyl sites for hydroxylation is 3. The van der Waals surface area contributed by atoms with Gasteiger partial charge in [-0.05, 0) is 42.7 Å². The number of halogens is 1. The van der Waals surface area contributed by atoms with Gasteiger partial charge in [-0.3, -0.25) is 14.2 Å². The number of benzene rings is 2. The summed E-state index contributed by atoms with van der Waals surface area (Å²) in [6.45, 7) is 3.76. The Labute approximate surface area is 178 Å². The lowest BCUT2D eigenvalue weighted by Gasteiger charge is -2.12. The van der Waals surface area contributed by atoms with Crippen LogP contribution in [0.2, 0.25) is 5.02 Å². The fraction of sp³-hybridized carbons (Fsp3) is 0.174. The summed E-state index contributed by atoms with van der Waals surface area (Å²) in [5.41, 5.74) is 5.25. The molecule has 30 heavy (non-hydrogen) atoms. The summed E-state index contributed by atoms with van der Waals surface area (Å²) in [7, 11) is 1.80. The average molecular weight is 421 g/mol. The lowest BCUT2D eigenvalue weighted by Crippen LogP contribution is -2.29. The van der Waals surface area contributed by atoms with Gasteiger partial charge in [-0.1, -0.05) is 41.9 Å². The van der Waals surface area contributed by atoms with Crippen LogP contribution in [0.15, 0.2) is 59.8 Å². The monoisotopic (exact) mass is 420 g/mol. The van der Waals surface area contributed by atoms with Gasteiger partial charge in [0.05, 0.1) is 6.33 Å². The van der Waals surface area contributed by atoms with Crippen molar-refractivity contribution >= 4 is 34.2 Å². The van der Waals surface area contributed by atoms with Crippen molar-refractivity contribution in [1.82, 2.24) is 14.1 Å². The molecule has 2 aromatic carbocycles. The third-order valence-electron chi connectivity index (χ3n) is 5.16. The van der Waals surface area contributed by atoms with Crippen molar-refractivity contribution in [3.63, 3.8) is 0 Å². The fourth-order valence-corrected chi connectivity index (χ4v) is 3.74. The summed E-state index contributed by atoms with van der Waals surface area (Å²) in [6, 6.07) is 13.2. The average Bonchev–Trinajstić information content (AvgIpc) is 3.05. The van der Waals surface area contributed by atoms with Crippen molar-refractivity contribution < 1.29 is 4.79 Å². The van der Waals surface area contributed by atoms with E-state index in [2.05, 4.69) is 10.3 Å². The van der Waals surface area contributed by atoms with Gasteiger partial charge in [-0.2, -0.15) is 0 Å². The van der Waals surface area contributed by atoms with Crippen LogP contribution in [0.25, 0.3) is 22.2 Å². The maximum absolute atomic E-state index is 13.1. The van der Waals surface area contributed by atoms with Gasteiger partial charge >= 0.3 is 0 Å². The molecular weight excluding hydrogens is 400 g/mol. The molecule has 1 amide bonds. The van der Waals surface area contributed by atoms with Crippen molar-refractivity contribution in [3.8, 4) is 11.1 Å². The SMILES string of the molecule is Cc1cccc(C)c1NC(=O)Cn1cnc2c(-c3ccc(Cl)cc3)cn(C)c2c1=O. The molecule has 2 heterocycles. The molecule has 0 unspecified atom stereocenters. The van der Waals surface area contributed by atoms with Gasteiger partial charge in [-0.25, -0.2) is 4.98 Å². The second kappa shape index (κ2) is 7.80. The van der Waals surface area contributed by atoms with Gasteiger partial charge in [0.15, 0.2) is 0 Å². The number of fused-ring (bicyclic) bond motifs is 1. The molecule has 0 bridgehead atoms. The van der Waals surface area contributed by atoms with Crippen LogP contribution in [0.5, 0.6) is 0 Å². The Kier molecular flexibility index (Phi) is 5.18. The number of nitrogens with zero attached hydrogens (tertiary/aromatic N) is 3. The van der Waals surface area contributed by atoms with E-state index in [1.165, 1.54) is 10.9 Å². The number of hydrogen-bond donors (Lipinski definition) is 1. The summed E-state index contributed by atoms with van der Waals surface area (Å²) >= 11 is 5.98. The van der Waals surface area contributed by atoms with E-state index in [4.69, 9.17) is 11.6 Å². The number of nitrogens with one attached hydrogen (secondary N) is 1. The first kappa shape index (κ1) is 19.9. The van der Waals surface area contributed by atoms with E-state index in [0.29, 0.717) is 16.1 Å². The Morgan fingerprint density at radius 2 is 1.77 bits per heavy atom. The molecule has 2 aromatic heterocycles. The van der Waals surface area contributed by atoms with E-state index < -0.39 is 0 Å². The fourth-order valence-electron chi connectivity index (χ4n) is 3.61. The standard InChI is InChI=1S/C23H21ClN4O2/c1-14-5-4-6-15(2)20(14)26-19(29)12-28-13-25-21-18(11-27(3)22(21)23(28)30)16-7-9-17(24)10-8-16/h4-11,13H,12H2,1-3H3,(H,26,29). The van der Waals surface area contributed by atoms with E-state index in [-0.39, 0.29) is 18.0 Å². The van der Waals surface area contributed by atoms with E-state index in [0.717, 1.165) is 27.9 Å². The van der Waals surface area contributed by atoms with Crippen LogP contribution in [0.4, 0.5) is 5.69 Å². The third kappa shape index (κ3) is 3.62. The third-order valence-corrected chi connectivity index (χ3v) is 5.41. The summed E-state index contributed by atoms with van der Waals surface area (Å²) in [6.07, 6.45) is 3.29. The second-order valence-corrected chi connectivity index (χ2v) is 7.79.